The van der Waals surface area contributed by atoms with Gasteiger partial charge in [0.25, 0.3) is 5.91 Å². The van der Waals surface area contributed by atoms with Crippen LogP contribution in [0.3, 0.4) is 0 Å². The second kappa shape index (κ2) is 18.5. The van der Waals surface area contributed by atoms with Gasteiger partial charge in [0.15, 0.2) is 11.4 Å². The second-order valence-electron chi connectivity index (χ2n) is 13.3. The van der Waals surface area contributed by atoms with Crippen LogP contribution >= 0.6 is 0 Å². The van der Waals surface area contributed by atoms with Gasteiger partial charge in [0, 0.05) is 31.6 Å². The molecule has 1 fully saturated rings. The fourth-order valence-corrected chi connectivity index (χ4v) is 6.16. The van der Waals surface area contributed by atoms with E-state index in [9.17, 15) is 14.4 Å². The van der Waals surface area contributed by atoms with Crippen molar-refractivity contribution < 1.29 is 28.6 Å². The molecule has 0 aromatic heterocycles. The molecule has 11 nitrogen and oxygen atoms in total. The molecule has 3 aromatic carbocycles. The van der Waals surface area contributed by atoms with E-state index in [1.54, 1.807) is 42.5 Å². The van der Waals surface area contributed by atoms with Crippen molar-refractivity contribution in [3.63, 3.8) is 0 Å². The predicted molar refractivity (Wildman–Crippen MR) is 198 cm³/mol. The molecule has 0 saturated carbocycles. The molecule has 1 aliphatic rings. The smallest absolute Gasteiger partial charge is 0.350 e. The maximum absolute atomic E-state index is 14.0. The molecular weight excluding hydrogens is 634 g/mol. The lowest BCUT2D eigenvalue weighted by Gasteiger charge is -2.35. The standard InChI is InChI=1S/C39H53N5O6/c1-42(2)30-21-24-43(25-22-30)37(45)18-7-6-12-26-50-35-17-11-9-15-33(35)44(3,4)39(47)29-19-20-32(36(28-29)48-5)41-38(46)31-14-8-10-16-34(31)49-27-13-23-40/h8-11,14-17,19-20,28,30H,6-7,12-13,18,21-27,40H2,1-5H3/p+1. The molecule has 1 aliphatic heterocycles. The summed E-state index contributed by atoms with van der Waals surface area (Å²) in [6, 6.07) is 20.1. The number of nitrogens with one attached hydrogen (secondary N) is 1. The van der Waals surface area contributed by atoms with Crippen molar-refractivity contribution in [1.29, 1.82) is 0 Å². The molecule has 1 heterocycles. The van der Waals surface area contributed by atoms with Crippen LogP contribution in [0.15, 0.2) is 66.7 Å². The zero-order valence-corrected chi connectivity index (χ0v) is 30.3. The van der Waals surface area contributed by atoms with Crippen molar-refractivity contribution in [2.24, 2.45) is 5.73 Å². The maximum atomic E-state index is 14.0. The Morgan fingerprint density at radius 1 is 0.860 bits per heavy atom. The molecule has 0 aliphatic carbocycles. The van der Waals surface area contributed by atoms with E-state index in [-0.39, 0.29) is 22.2 Å². The van der Waals surface area contributed by atoms with Crippen LogP contribution < -0.4 is 29.7 Å². The van der Waals surface area contributed by atoms with Gasteiger partial charge in [-0.2, -0.15) is 0 Å². The highest BCUT2D eigenvalue weighted by Crippen LogP contribution is 2.35. The second-order valence-corrected chi connectivity index (χ2v) is 13.3. The quantitative estimate of drug-likeness (QED) is 0.139. The van der Waals surface area contributed by atoms with Gasteiger partial charge >= 0.3 is 5.91 Å². The molecule has 3 amide bonds. The van der Waals surface area contributed by atoms with Crippen LogP contribution in [0.4, 0.5) is 11.4 Å². The summed E-state index contributed by atoms with van der Waals surface area (Å²) >= 11 is 0. The van der Waals surface area contributed by atoms with E-state index in [2.05, 4.69) is 24.3 Å². The Hall–Kier alpha value is -4.45. The number of nitrogens with two attached hydrogens (primary N) is 1. The van der Waals surface area contributed by atoms with Gasteiger partial charge < -0.3 is 35.1 Å². The van der Waals surface area contributed by atoms with E-state index in [4.69, 9.17) is 19.9 Å². The van der Waals surface area contributed by atoms with Gasteiger partial charge in [0.2, 0.25) is 5.91 Å². The average molecular weight is 689 g/mol. The number of carbonyl (C=O) groups is 3. The number of hydrogen-bond acceptors (Lipinski definition) is 8. The van der Waals surface area contributed by atoms with Crippen LogP contribution in [0.5, 0.6) is 17.2 Å². The Labute approximate surface area is 296 Å². The van der Waals surface area contributed by atoms with Crippen molar-refractivity contribution in [3.8, 4) is 17.2 Å². The molecule has 1 saturated heterocycles. The minimum absolute atomic E-state index is 0.0996. The van der Waals surface area contributed by atoms with Crippen LogP contribution in [-0.4, -0.2) is 102 Å². The first-order chi connectivity index (χ1) is 24.1. The molecule has 0 radical (unpaired) electrons. The number of ether oxygens (including phenoxy) is 3. The van der Waals surface area contributed by atoms with Gasteiger partial charge in [-0.15, -0.1) is 0 Å². The summed E-state index contributed by atoms with van der Waals surface area (Å²) in [4.78, 5) is 44.2. The minimum Gasteiger partial charge on any atom is -0.495 e. The third-order valence-corrected chi connectivity index (χ3v) is 9.25. The molecule has 0 atom stereocenters. The van der Waals surface area contributed by atoms with E-state index in [0.29, 0.717) is 72.7 Å². The van der Waals surface area contributed by atoms with E-state index in [0.717, 1.165) is 50.9 Å². The number of carbonyl (C=O) groups excluding carboxylic acids is 3. The summed E-state index contributed by atoms with van der Waals surface area (Å²) in [6.07, 6.45) is 5.81. The van der Waals surface area contributed by atoms with Crippen molar-refractivity contribution in [2.75, 3.05) is 73.5 Å². The fourth-order valence-electron chi connectivity index (χ4n) is 6.16. The van der Waals surface area contributed by atoms with E-state index in [1.165, 1.54) is 7.11 Å². The van der Waals surface area contributed by atoms with Gasteiger partial charge in [0.1, 0.15) is 11.5 Å². The van der Waals surface area contributed by atoms with Gasteiger partial charge in [0.05, 0.1) is 51.2 Å². The van der Waals surface area contributed by atoms with Crippen molar-refractivity contribution in [3.05, 3.63) is 77.9 Å². The normalized spacial score (nSPS) is 13.6. The number of quaternary nitrogens is 1. The number of unbranched alkanes of at least 4 members (excludes halogenated alkanes) is 2. The van der Waals surface area contributed by atoms with Crippen molar-refractivity contribution >= 4 is 29.1 Å². The van der Waals surface area contributed by atoms with Crippen molar-refractivity contribution in [2.45, 2.75) is 51.0 Å². The molecule has 0 unspecified atom stereocenters. The van der Waals surface area contributed by atoms with E-state index >= 15 is 0 Å². The molecule has 270 valence electrons. The highest BCUT2D eigenvalue weighted by molar-refractivity contribution is 6.08. The lowest BCUT2D eigenvalue weighted by Crippen LogP contribution is -2.46. The minimum atomic E-state index is -0.361. The first kappa shape index (κ1) is 38.4. The molecule has 0 bridgehead atoms. The monoisotopic (exact) mass is 688 g/mol. The number of hydrogen-bond donors (Lipinski definition) is 2. The molecule has 50 heavy (non-hydrogen) atoms. The zero-order valence-electron chi connectivity index (χ0n) is 30.3. The topological polar surface area (TPSA) is 123 Å². The average Bonchev–Trinajstić information content (AvgIpc) is 3.13. The molecule has 3 aromatic rings. The molecular formula is C39H54N5O6+. The van der Waals surface area contributed by atoms with Crippen LogP contribution in [0, 0.1) is 0 Å². The van der Waals surface area contributed by atoms with Gasteiger partial charge in [-0.1, -0.05) is 24.3 Å². The van der Waals surface area contributed by atoms with E-state index < -0.39 is 0 Å². The summed E-state index contributed by atoms with van der Waals surface area (Å²) in [5.74, 6) is 1.15. The molecule has 11 heteroatoms. The summed E-state index contributed by atoms with van der Waals surface area (Å²) in [6.45, 7) is 3.05. The van der Waals surface area contributed by atoms with Crippen LogP contribution in [0.2, 0.25) is 0 Å². The van der Waals surface area contributed by atoms with Gasteiger partial charge in [-0.05, 0) is 95.6 Å². The number of benzene rings is 3. The lowest BCUT2D eigenvalue weighted by molar-refractivity contribution is -0.132. The molecule has 0 spiro atoms. The number of para-hydroxylation sites is 3. The predicted octanol–water partition coefficient (Wildman–Crippen LogP) is 5.57. The molecule has 4 rings (SSSR count). The Morgan fingerprint density at radius 2 is 1.52 bits per heavy atom. The van der Waals surface area contributed by atoms with E-state index in [1.807, 2.05) is 43.3 Å². The summed E-state index contributed by atoms with van der Waals surface area (Å²) in [5, 5.41) is 2.89. The number of nitrogens with zero attached hydrogens (tertiary/aromatic N) is 3. The van der Waals surface area contributed by atoms with Crippen LogP contribution in [0.25, 0.3) is 0 Å². The number of anilines is 1. The third-order valence-electron chi connectivity index (χ3n) is 9.25. The highest BCUT2D eigenvalue weighted by Gasteiger charge is 2.34. The summed E-state index contributed by atoms with van der Waals surface area (Å²) in [7, 11) is 9.34. The number of piperidine rings is 1. The number of amides is 3. The molecule has 3 N–H and O–H groups in total. The van der Waals surface area contributed by atoms with Crippen molar-refractivity contribution in [1.82, 2.24) is 14.3 Å². The fraction of sp³-hybridized carbons (Fsp3) is 0.462. The zero-order chi connectivity index (χ0) is 36.1. The third kappa shape index (κ3) is 10.1. The number of rotatable bonds is 17. The van der Waals surface area contributed by atoms with Gasteiger partial charge in [-0.3, -0.25) is 9.59 Å². The number of likely N-dealkylation sites (tertiary alicyclic amines) is 1. The maximum Gasteiger partial charge on any atom is 0.350 e. The first-order valence-electron chi connectivity index (χ1n) is 17.5. The van der Waals surface area contributed by atoms with Crippen LogP contribution in [-0.2, 0) is 4.79 Å². The first-order valence-corrected chi connectivity index (χ1v) is 17.5. The Morgan fingerprint density at radius 3 is 2.22 bits per heavy atom. The Kier molecular flexibility index (Phi) is 14.2. The SMILES string of the molecule is COc1cc(C(=O)[N+](C)(C)c2ccccc2OCCCCCC(=O)N2CCC(N(C)C)CC2)ccc1NC(=O)c1ccccc1OCCCN. The lowest BCUT2D eigenvalue weighted by atomic mass is 10.0. The summed E-state index contributed by atoms with van der Waals surface area (Å²) in [5.41, 5.74) is 7.52. The largest absolute Gasteiger partial charge is 0.495 e. The van der Waals surface area contributed by atoms with Crippen LogP contribution in [0.1, 0.15) is 65.7 Å². The van der Waals surface area contributed by atoms with Gasteiger partial charge in [-0.25, -0.2) is 9.28 Å². The number of methoxy groups -OCH3 is 1. The Balaban J connectivity index is 1.33. The summed E-state index contributed by atoms with van der Waals surface area (Å²) < 4.78 is 17.5. The highest BCUT2D eigenvalue weighted by atomic mass is 16.5. The Bertz CT molecular complexity index is 1580.